The zero-order valence-corrected chi connectivity index (χ0v) is 14.2. The molecule has 0 aliphatic rings. The van der Waals surface area contributed by atoms with Crippen LogP contribution in [0.1, 0.15) is 35.8 Å². The van der Waals surface area contributed by atoms with Crippen LogP contribution in [0.5, 0.6) is 0 Å². The predicted octanol–water partition coefficient (Wildman–Crippen LogP) is 4.60. The number of nitrogens with zero attached hydrogens (tertiary/aromatic N) is 2. The van der Waals surface area contributed by atoms with Crippen molar-refractivity contribution in [2.75, 3.05) is 10.6 Å². The van der Waals surface area contributed by atoms with Crippen LogP contribution in [0.3, 0.4) is 0 Å². The summed E-state index contributed by atoms with van der Waals surface area (Å²) in [6.07, 6.45) is 0. The second kappa shape index (κ2) is 7.57. The smallest absolute Gasteiger partial charge is 0.276 e. The summed E-state index contributed by atoms with van der Waals surface area (Å²) < 4.78 is 0. The molecule has 0 saturated heterocycles. The summed E-state index contributed by atoms with van der Waals surface area (Å²) in [4.78, 5) is 12.4. The Morgan fingerprint density at radius 3 is 2.28 bits per heavy atom. The largest absolute Gasteiger partial charge is 0.339 e. The lowest BCUT2D eigenvalue weighted by molar-refractivity contribution is 0.102. The van der Waals surface area contributed by atoms with Gasteiger partial charge in [0.05, 0.1) is 0 Å². The van der Waals surface area contributed by atoms with Crippen molar-refractivity contribution in [1.29, 1.82) is 0 Å². The Morgan fingerprint density at radius 1 is 0.880 bits per heavy atom. The molecule has 3 rings (SSSR count). The first-order chi connectivity index (χ1) is 12.1. The van der Waals surface area contributed by atoms with E-state index in [4.69, 9.17) is 0 Å². The molecule has 1 amide bonds. The average molecular weight is 332 g/mol. The van der Waals surface area contributed by atoms with Gasteiger partial charge in [0.2, 0.25) is 0 Å². The minimum absolute atomic E-state index is 0.271. The van der Waals surface area contributed by atoms with Crippen molar-refractivity contribution in [2.45, 2.75) is 19.8 Å². The van der Waals surface area contributed by atoms with Gasteiger partial charge < -0.3 is 10.6 Å². The van der Waals surface area contributed by atoms with Crippen molar-refractivity contribution in [3.63, 3.8) is 0 Å². The summed E-state index contributed by atoms with van der Waals surface area (Å²) in [5.41, 5.74) is 3.08. The number of amides is 1. The molecule has 5 heteroatoms. The van der Waals surface area contributed by atoms with Gasteiger partial charge in [-0.15, -0.1) is 10.2 Å². The van der Waals surface area contributed by atoms with E-state index in [0.29, 0.717) is 11.7 Å². The number of anilines is 3. The summed E-state index contributed by atoms with van der Waals surface area (Å²) in [5, 5.41) is 14.1. The van der Waals surface area contributed by atoms with Gasteiger partial charge in [-0.25, -0.2) is 0 Å². The van der Waals surface area contributed by atoms with E-state index in [-0.39, 0.29) is 11.6 Å². The van der Waals surface area contributed by atoms with E-state index < -0.39 is 0 Å². The van der Waals surface area contributed by atoms with Crippen LogP contribution in [-0.4, -0.2) is 16.1 Å². The molecule has 0 unspecified atom stereocenters. The lowest BCUT2D eigenvalue weighted by Crippen LogP contribution is -2.16. The Labute approximate surface area is 147 Å². The number of hydrogen-bond acceptors (Lipinski definition) is 4. The molecular weight excluding hydrogens is 312 g/mol. The molecular formula is C20H20N4O. The van der Waals surface area contributed by atoms with Crippen LogP contribution >= 0.6 is 0 Å². The molecule has 0 spiro atoms. The van der Waals surface area contributed by atoms with E-state index in [1.165, 1.54) is 0 Å². The third-order valence-corrected chi connectivity index (χ3v) is 3.77. The van der Waals surface area contributed by atoms with E-state index in [1.54, 1.807) is 12.1 Å². The second-order valence-electron chi connectivity index (χ2n) is 5.99. The zero-order valence-electron chi connectivity index (χ0n) is 14.2. The number of nitrogens with one attached hydrogen (secondary N) is 2. The van der Waals surface area contributed by atoms with Gasteiger partial charge in [0.15, 0.2) is 11.5 Å². The maximum atomic E-state index is 12.4. The quantitative estimate of drug-likeness (QED) is 0.717. The first-order valence-electron chi connectivity index (χ1n) is 8.19. The highest BCUT2D eigenvalue weighted by molar-refractivity contribution is 6.03. The Morgan fingerprint density at radius 2 is 1.60 bits per heavy atom. The Kier molecular flexibility index (Phi) is 5.04. The summed E-state index contributed by atoms with van der Waals surface area (Å²) in [6.45, 7) is 4.18. The second-order valence-corrected chi connectivity index (χ2v) is 5.99. The third kappa shape index (κ3) is 4.20. The molecule has 0 fully saturated rings. The van der Waals surface area contributed by atoms with Gasteiger partial charge in [-0.2, -0.15) is 0 Å². The molecule has 0 radical (unpaired) electrons. The number of hydrogen-bond donors (Lipinski definition) is 2. The predicted molar refractivity (Wildman–Crippen MR) is 100 cm³/mol. The average Bonchev–Trinajstić information content (AvgIpc) is 2.63. The van der Waals surface area contributed by atoms with Gasteiger partial charge in [0.1, 0.15) is 0 Å². The summed E-state index contributed by atoms with van der Waals surface area (Å²) in [6, 6.07) is 20.9. The zero-order chi connectivity index (χ0) is 17.6. The first-order valence-corrected chi connectivity index (χ1v) is 8.19. The van der Waals surface area contributed by atoms with Gasteiger partial charge in [-0.3, -0.25) is 4.79 Å². The fourth-order valence-electron chi connectivity index (χ4n) is 2.49. The molecule has 2 aromatic carbocycles. The van der Waals surface area contributed by atoms with Crippen molar-refractivity contribution in [3.05, 3.63) is 78.0 Å². The molecule has 5 nitrogen and oxygen atoms in total. The van der Waals surface area contributed by atoms with Crippen molar-refractivity contribution < 1.29 is 4.79 Å². The van der Waals surface area contributed by atoms with Gasteiger partial charge in [-0.05, 0) is 41.8 Å². The lowest BCUT2D eigenvalue weighted by Gasteiger charge is -2.13. The maximum absolute atomic E-state index is 12.4. The van der Waals surface area contributed by atoms with E-state index in [2.05, 4.69) is 34.7 Å². The number of benzene rings is 2. The summed E-state index contributed by atoms with van der Waals surface area (Å²) >= 11 is 0. The first kappa shape index (κ1) is 16.6. The minimum atomic E-state index is -0.271. The Balaban J connectivity index is 1.71. The molecule has 1 heterocycles. The highest BCUT2D eigenvalue weighted by Gasteiger charge is 2.12. The van der Waals surface area contributed by atoms with E-state index in [1.807, 2.05) is 54.6 Å². The van der Waals surface area contributed by atoms with E-state index >= 15 is 0 Å². The van der Waals surface area contributed by atoms with Crippen LogP contribution in [0.2, 0.25) is 0 Å². The van der Waals surface area contributed by atoms with Gasteiger partial charge in [-0.1, -0.05) is 50.2 Å². The molecule has 0 saturated carbocycles. The van der Waals surface area contributed by atoms with Gasteiger partial charge in [0.25, 0.3) is 5.91 Å². The molecule has 0 atom stereocenters. The summed E-state index contributed by atoms with van der Waals surface area (Å²) in [7, 11) is 0. The Bertz CT molecular complexity index is 845. The fraction of sp³-hybridized carbons (Fsp3) is 0.150. The van der Waals surface area contributed by atoms with Crippen LogP contribution in [-0.2, 0) is 0 Å². The molecule has 0 aliphatic carbocycles. The number of rotatable bonds is 5. The Hall–Kier alpha value is -3.21. The highest BCUT2D eigenvalue weighted by Crippen LogP contribution is 2.24. The number of aromatic nitrogens is 2. The van der Waals surface area contributed by atoms with Crippen LogP contribution in [0, 0.1) is 0 Å². The minimum Gasteiger partial charge on any atom is -0.339 e. The highest BCUT2D eigenvalue weighted by atomic mass is 16.1. The molecule has 2 N–H and O–H groups in total. The molecule has 0 bridgehead atoms. The van der Waals surface area contributed by atoms with Crippen LogP contribution in [0.4, 0.5) is 17.2 Å². The molecule has 25 heavy (non-hydrogen) atoms. The van der Waals surface area contributed by atoms with Gasteiger partial charge >= 0.3 is 0 Å². The van der Waals surface area contributed by atoms with Crippen molar-refractivity contribution in [1.82, 2.24) is 10.2 Å². The molecule has 3 aromatic rings. The molecule has 0 aliphatic heterocycles. The topological polar surface area (TPSA) is 66.9 Å². The van der Waals surface area contributed by atoms with Crippen LogP contribution in [0.25, 0.3) is 0 Å². The van der Waals surface area contributed by atoms with E-state index in [9.17, 15) is 4.79 Å². The normalized spacial score (nSPS) is 10.5. The monoisotopic (exact) mass is 332 g/mol. The van der Waals surface area contributed by atoms with E-state index in [0.717, 1.165) is 16.9 Å². The summed E-state index contributed by atoms with van der Waals surface area (Å²) in [5.74, 6) is 0.636. The van der Waals surface area contributed by atoms with Crippen molar-refractivity contribution in [3.8, 4) is 0 Å². The van der Waals surface area contributed by atoms with Crippen molar-refractivity contribution >= 4 is 23.1 Å². The molecule has 126 valence electrons. The van der Waals surface area contributed by atoms with Crippen LogP contribution < -0.4 is 10.6 Å². The van der Waals surface area contributed by atoms with Crippen LogP contribution in [0.15, 0.2) is 66.7 Å². The standard InChI is InChI=1S/C20H20N4O/c1-14(2)16-10-6-7-11-17(16)22-20(25)18-12-13-19(24-23-18)21-15-8-4-3-5-9-15/h3-14H,1-2H3,(H,21,24)(H,22,25). The van der Waals surface area contributed by atoms with Gasteiger partial charge in [0, 0.05) is 11.4 Å². The van der Waals surface area contributed by atoms with Crippen molar-refractivity contribution in [2.24, 2.45) is 0 Å². The number of carbonyl (C=O) groups is 1. The third-order valence-electron chi connectivity index (χ3n) is 3.77. The fourth-order valence-corrected chi connectivity index (χ4v) is 2.49. The number of para-hydroxylation sites is 2. The SMILES string of the molecule is CC(C)c1ccccc1NC(=O)c1ccc(Nc2ccccc2)nn1. The lowest BCUT2D eigenvalue weighted by atomic mass is 10.0. The number of carbonyl (C=O) groups excluding carboxylic acids is 1. The maximum Gasteiger partial charge on any atom is 0.276 e. The molecule has 1 aromatic heterocycles.